The number of carbonyl (C=O) groups excluding carboxylic acids is 2. The number of nitrogens with one attached hydrogen (secondary N) is 1. The number of nitriles is 1. The monoisotopic (exact) mass is 651 g/mol. The van der Waals surface area contributed by atoms with Gasteiger partial charge in [-0.2, -0.15) is 31.6 Å². The molecule has 0 bridgehead atoms. The van der Waals surface area contributed by atoms with Gasteiger partial charge in [0.25, 0.3) is 0 Å². The summed E-state index contributed by atoms with van der Waals surface area (Å²) < 4.78 is 79.7. The molecule has 0 radical (unpaired) electrons. The van der Waals surface area contributed by atoms with Gasteiger partial charge in [-0.25, -0.2) is 4.79 Å². The fraction of sp³-hybridized carbons (Fsp3) is 0.303. The number of hydrogen-bond donors (Lipinski definition) is 1. The van der Waals surface area contributed by atoms with Crippen molar-refractivity contribution in [3.05, 3.63) is 112 Å². The van der Waals surface area contributed by atoms with Gasteiger partial charge in [-0.3, -0.25) is 9.69 Å². The average molecular weight is 652 g/mol. The number of hydrogen-bond acceptors (Lipinski definition) is 4. The van der Waals surface area contributed by atoms with Crippen LogP contribution in [0.15, 0.2) is 84.1 Å². The van der Waals surface area contributed by atoms with E-state index in [1.165, 1.54) is 30.3 Å². The number of carbonyl (C=O) groups is 2. The number of ketones is 1. The predicted octanol–water partition coefficient (Wildman–Crippen LogP) is 4.42. The molecule has 6 nitrogen and oxygen atoms in total. The molecule has 236 valence electrons. The second-order valence-electron chi connectivity index (χ2n) is 11.6. The Kier molecular flexibility index (Phi) is 11.2. The van der Waals surface area contributed by atoms with Crippen LogP contribution in [-0.4, -0.2) is 17.4 Å². The first-order valence-electron chi connectivity index (χ1n) is 13.8. The predicted molar refractivity (Wildman–Crippen MR) is 152 cm³/mol. The SMILES string of the molecule is CC(C)(C)[O-].N#Cc1ccc(C2NC(=O)N(c3cccc(C(F)(F)F)c3)C3=C2C(=O)CC(c2ccc(C(F)(F)F)cc2)C3)cc1.[Na+]. The van der Waals surface area contributed by atoms with E-state index in [2.05, 4.69) is 5.32 Å². The molecule has 2 unspecified atom stereocenters. The third-order valence-corrected chi connectivity index (χ3v) is 7.03. The summed E-state index contributed by atoms with van der Waals surface area (Å²) in [6, 6.07) is 14.9. The Labute approximate surface area is 284 Å². The van der Waals surface area contributed by atoms with E-state index in [1.54, 1.807) is 32.9 Å². The zero-order chi connectivity index (χ0) is 33.3. The summed E-state index contributed by atoms with van der Waals surface area (Å²) in [5, 5.41) is 21.9. The first-order chi connectivity index (χ1) is 20.9. The van der Waals surface area contributed by atoms with Crippen LogP contribution in [0, 0.1) is 11.3 Å². The summed E-state index contributed by atoms with van der Waals surface area (Å²) in [6.07, 6.45) is -9.30. The average Bonchev–Trinajstić information content (AvgIpc) is 2.95. The summed E-state index contributed by atoms with van der Waals surface area (Å²) in [4.78, 5) is 28.1. The van der Waals surface area contributed by atoms with Crippen LogP contribution in [0.25, 0.3) is 0 Å². The van der Waals surface area contributed by atoms with Crippen molar-refractivity contribution in [1.82, 2.24) is 5.32 Å². The largest absolute Gasteiger partial charge is 1.00 e. The number of halogens is 6. The van der Waals surface area contributed by atoms with Crippen molar-refractivity contribution in [3.8, 4) is 6.07 Å². The molecule has 1 N–H and O–H groups in total. The van der Waals surface area contributed by atoms with Crippen molar-refractivity contribution in [2.75, 3.05) is 4.90 Å². The molecule has 1 heterocycles. The molecule has 0 spiro atoms. The number of anilines is 1. The molecule has 13 heteroatoms. The summed E-state index contributed by atoms with van der Waals surface area (Å²) >= 11 is 0. The Hall–Kier alpha value is -3.63. The zero-order valence-electron chi connectivity index (χ0n) is 25.4. The molecule has 2 amide bonds. The van der Waals surface area contributed by atoms with E-state index in [0.29, 0.717) is 16.7 Å². The van der Waals surface area contributed by atoms with Crippen LogP contribution in [-0.2, 0) is 17.1 Å². The molecule has 5 rings (SSSR count). The molecule has 1 aliphatic heterocycles. The minimum absolute atomic E-state index is 0. The van der Waals surface area contributed by atoms with E-state index >= 15 is 0 Å². The van der Waals surface area contributed by atoms with E-state index in [1.807, 2.05) is 6.07 Å². The molecule has 46 heavy (non-hydrogen) atoms. The molecular weight excluding hydrogens is 623 g/mol. The van der Waals surface area contributed by atoms with Crippen LogP contribution >= 0.6 is 0 Å². The number of urea groups is 1. The second kappa shape index (κ2) is 14.0. The number of benzene rings is 3. The number of rotatable bonds is 3. The van der Waals surface area contributed by atoms with Gasteiger partial charge < -0.3 is 10.4 Å². The molecule has 0 fully saturated rings. The van der Waals surface area contributed by atoms with Gasteiger partial charge in [0.2, 0.25) is 0 Å². The first kappa shape index (κ1) is 36.8. The Balaban J connectivity index is 0.000000892. The quantitative estimate of drug-likeness (QED) is 0.335. The number of alkyl halides is 6. The number of nitrogens with zero attached hydrogens (tertiary/aromatic N) is 2. The van der Waals surface area contributed by atoms with Crippen molar-refractivity contribution >= 4 is 17.5 Å². The number of allylic oxidation sites excluding steroid dienone is 1. The van der Waals surface area contributed by atoms with Crippen molar-refractivity contribution in [3.63, 3.8) is 0 Å². The molecule has 2 aliphatic rings. The van der Waals surface area contributed by atoms with Gasteiger partial charge in [0, 0.05) is 17.7 Å². The molecule has 3 aromatic rings. The molecule has 2 atom stereocenters. The van der Waals surface area contributed by atoms with Crippen molar-refractivity contribution in [2.45, 2.75) is 63.5 Å². The minimum atomic E-state index is -4.68. The molecule has 1 aliphatic carbocycles. The third-order valence-electron chi connectivity index (χ3n) is 7.03. The van der Waals surface area contributed by atoms with Crippen LogP contribution < -0.4 is 44.9 Å². The topological polar surface area (TPSA) is 96.3 Å². The smallest absolute Gasteiger partial charge is 0.850 e. The minimum Gasteiger partial charge on any atom is -0.850 e. The molecular formula is C33H28F6N3NaO3. The molecule has 0 saturated heterocycles. The molecule has 0 saturated carbocycles. The first-order valence-corrected chi connectivity index (χ1v) is 13.8. The summed E-state index contributed by atoms with van der Waals surface area (Å²) in [7, 11) is 0. The van der Waals surface area contributed by atoms with E-state index < -0.39 is 52.9 Å². The van der Waals surface area contributed by atoms with E-state index in [9.17, 15) is 41.0 Å². The van der Waals surface area contributed by atoms with Crippen LogP contribution in [0.4, 0.5) is 36.8 Å². The van der Waals surface area contributed by atoms with Gasteiger partial charge in [-0.1, -0.05) is 51.1 Å². The standard InChI is InChI=1S/C29H19F6N3O2.C4H9O.Na/c30-28(31,32)20-10-8-17(9-11-20)19-12-23-25(24(39)13-19)26(18-6-4-16(15-36)5-7-18)37-27(40)38(23)22-3-1-2-21(14-22)29(33,34)35;1-4(2,3)5;/h1-11,14,19,26H,12-13H2,(H,37,40);1-3H3;/q;-1;+1. The molecule has 3 aromatic carbocycles. The summed E-state index contributed by atoms with van der Waals surface area (Å²) in [5.41, 5.74) is -1.11. The van der Waals surface area contributed by atoms with Gasteiger partial charge in [-0.15, -0.1) is 5.60 Å². The Bertz CT molecular complexity index is 1650. The summed E-state index contributed by atoms with van der Waals surface area (Å²) in [6.45, 7) is 4.90. The second-order valence-corrected chi connectivity index (χ2v) is 11.6. The maximum absolute atomic E-state index is 13.6. The van der Waals surface area contributed by atoms with Gasteiger partial charge in [-0.05, 0) is 65.9 Å². The Morgan fingerprint density at radius 3 is 1.89 bits per heavy atom. The fourth-order valence-electron chi connectivity index (χ4n) is 5.11. The Morgan fingerprint density at radius 1 is 0.826 bits per heavy atom. The van der Waals surface area contributed by atoms with Crippen LogP contribution in [0.3, 0.4) is 0 Å². The van der Waals surface area contributed by atoms with Crippen LogP contribution in [0.2, 0.25) is 0 Å². The van der Waals surface area contributed by atoms with Crippen LogP contribution in [0.5, 0.6) is 0 Å². The third kappa shape index (κ3) is 8.79. The van der Waals surface area contributed by atoms with E-state index in [-0.39, 0.29) is 59.4 Å². The van der Waals surface area contributed by atoms with Crippen molar-refractivity contribution in [2.24, 2.45) is 0 Å². The fourth-order valence-corrected chi connectivity index (χ4v) is 5.11. The number of amides is 2. The van der Waals surface area contributed by atoms with Gasteiger partial charge >= 0.3 is 47.9 Å². The maximum atomic E-state index is 13.6. The summed E-state index contributed by atoms with van der Waals surface area (Å²) in [5.74, 6) is -1.02. The maximum Gasteiger partial charge on any atom is 1.00 e. The van der Waals surface area contributed by atoms with Gasteiger partial charge in [0.05, 0.1) is 34.5 Å². The number of Topliss-reactive ketones (excluding diaryl/α,β-unsaturated/α-hetero) is 1. The zero-order valence-corrected chi connectivity index (χ0v) is 27.4. The van der Waals surface area contributed by atoms with Gasteiger partial charge in [0.15, 0.2) is 5.78 Å². The van der Waals surface area contributed by atoms with Gasteiger partial charge in [0.1, 0.15) is 0 Å². The van der Waals surface area contributed by atoms with E-state index in [0.717, 1.165) is 35.2 Å². The van der Waals surface area contributed by atoms with E-state index in [4.69, 9.17) is 5.26 Å². The van der Waals surface area contributed by atoms with Crippen molar-refractivity contribution < 1.29 is 70.6 Å². The van der Waals surface area contributed by atoms with Crippen molar-refractivity contribution in [1.29, 1.82) is 5.26 Å². The van der Waals surface area contributed by atoms with Crippen LogP contribution in [0.1, 0.15) is 73.4 Å². The normalized spacial score (nSPS) is 18.4. The molecule has 0 aromatic heterocycles. The Morgan fingerprint density at radius 2 is 1.37 bits per heavy atom.